The number of hydrogen-bond donors (Lipinski definition) is 3. The van der Waals surface area contributed by atoms with E-state index < -0.39 is 25.1 Å². The van der Waals surface area contributed by atoms with Crippen molar-refractivity contribution in [3.8, 4) is 5.75 Å². The van der Waals surface area contributed by atoms with E-state index in [9.17, 15) is 31.0 Å². The third-order valence-electron chi connectivity index (χ3n) is 5.03. The maximum absolute atomic E-state index is 11.7. The topological polar surface area (TPSA) is 155 Å². The highest BCUT2D eigenvalue weighted by Gasteiger charge is 2.19. The second kappa shape index (κ2) is 6.31. The summed E-state index contributed by atoms with van der Waals surface area (Å²) in [5.74, 6) is -0.336. The molecule has 0 aliphatic rings. The van der Waals surface area contributed by atoms with Crippen LogP contribution in [0, 0.1) is 0 Å². The minimum atomic E-state index is -4.50. The normalized spacial score (nSPS) is 12.8. The predicted octanol–water partition coefficient (Wildman–Crippen LogP) is 3.29. The summed E-state index contributed by atoms with van der Waals surface area (Å²) in [7, 11) is -8.99. The molecule has 5 rings (SSSR count). The average Bonchev–Trinajstić information content (AvgIpc) is 2.69. The molecule has 156 valence electrons. The molecule has 0 spiro atoms. The van der Waals surface area contributed by atoms with Crippen molar-refractivity contribution in [3.63, 3.8) is 0 Å². The molecule has 3 N–H and O–H groups in total. The van der Waals surface area contributed by atoms with Gasteiger partial charge in [0.05, 0.1) is 21.4 Å². The molecular formula is C20H12N2O7S2. The summed E-state index contributed by atoms with van der Waals surface area (Å²) < 4.78 is 65.0. The van der Waals surface area contributed by atoms with Crippen molar-refractivity contribution >= 4 is 63.8 Å². The van der Waals surface area contributed by atoms with Crippen molar-refractivity contribution in [2.75, 3.05) is 0 Å². The van der Waals surface area contributed by atoms with Crippen molar-refractivity contribution in [2.45, 2.75) is 9.79 Å². The number of aromatic nitrogens is 2. The van der Waals surface area contributed by atoms with Crippen LogP contribution in [0.4, 0.5) is 0 Å². The van der Waals surface area contributed by atoms with E-state index in [-0.39, 0.29) is 21.7 Å². The molecular weight excluding hydrogens is 444 g/mol. The molecule has 0 fully saturated rings. The number of para-hydroxylation sites is 1. The SMILES string of the molecule is O=S(=O)(O)c1cc(O)c2c(ccc3c2ccc2nc4c(S(=O)(=O)O)cccc4nc23)c1. The third-order valence-corrected chi connectivity index (χ3v) is 6.75. The molecule has 0 unspecified atom stereocenters. The van der Waals surface area contributed by atoms with Gasteiger partial charge in [-0.15, -0.1) is 0 Å². The van der Waals surface area contributed by atoms with Crippen LogP contribution in [0.5, 0.6) is 5.75 Å². The van der Waals surface area contributed by atoms with Crippen LogP contribution in [0.25, 0.3) is 43.6 Å². The van der Waals surface area contributed by atoms with E-state index in [1.165, 1.54) is 18.2 Å². The number of fused-ring (bicyclic) bond motifs is 6. The Morgan fingerprint density at radius 3 is 2.10 bits per heavy atom. The zero-order chi connectivity index (χ0) is 22.1. The van der Waals surface area contributed by atoms with Crippen molar-refractivity contribution in [3.05, 3.63) is 54.6 Å². The highest BCUT2D eigenvalue weighted by atomic mass is 32.2. The molecule has 0 amide bonds. The van der Waals surface area contributed by atoms with E-state index >= 15 is 0 Å². The van der Waals surface area contributed by atoms with E-state index in [0.29, 0.717) is 32.6 Å². The lowest BCUT2D eigenvalue weighted by Crippen LogP contribution is -2.01. The Hall–Kier alpha value is -3.38. The highest BCUT2D eigenvalue weighted by Crippen LogP contribution is 2.37. The van der Waals surface area contributed by atoms with Gasteiger partial charge in [0.2, 0.25) is 0 Å². The summed E-state index contributed by atoms with van der Waals surface area (Å²) in [5, 5.41) is 12.4. The summed E-state index contributed by atoms with van der Waals surface area (Å²) in [6, 6.07) is 12.9. The van der Waals surface area contributed by atoms with Crippen LogP contribution in [0.1, 0.15) is 0 Å². The Balaban J connectivity index is 1.90. The van der Waals surface area contributed by atoms with Gasteiger partial charge in [0.15, 0.2) is 0 Å². The summed E-state index contributed by atoms with van der Waals surface area (Å²) in [4.78, 5) is 8.10. The second-order valence-corrected chi connectivity index (χ2v) is 9.74. The molecule has 0 aliphatic heterocycles. The van der Waals surface area contributed by atoms with Crippen molar-refractivity contribution in [2.24, 2.45) is 0 Å². The molecule has 0 atom stereocenters. The fourth-order valence-electron chi connectivity index (χ4n) is 3.72. The van der Waals surface area contributed by atoms with Crippen LogP contribution in [0.2, 0.25) is 0 Å². The van der Waals surface area contributed by atoms with E-state index in [1.54, 1.807) is 30.3 Å². The van der Waals surface area contributed by atoms with Crippen LogP contribution in [-0.2, 0) is 20.2 Å². The fourth-order valence-corrected chi connectivity index (χ4v) is 4.90. The Bertz CT molecular complexity index is 1800. The van der Waals surface area contributed by atoms with Crippen LogP contribution in [-0.4, -0.2) is 41.0 Å². The average molecular weight is 456 g/mol. The smallest absolute Gasteiger partial charge is 0.296 e. The van der Waals surface area contributed by atoms with E-state index in [4.69, 9.17) is 0 Å². The van der Waals surface area contributed by atoms with Crippen molar-refractivity contribution < 1.29 is 31.0 Å². The highest BCUT2D eigenvalue weighted by molar-refractivity contribution is 7.86. The number of nitrogens with zero attached hydrogens (tertiary/aromatic N) is 2. The van der Waals surface area contributed by atoms with Gasteiger partial charge in [-0.05, 0) is 35.0 Å². The first-order valence-electron chi connectivity index (χ1n) is 8.78. The summed E-state index contributed by atoms with van der Waals surface area (Å²) in [5.41, 5.74) is 1.07. The molecule has 4 aromatic carbocycles. The van der Waals surface area contributed by atoms with Gasteiger partial charge < -0.3 is 5.11 Å². The van der Waals surface area contributed by atoms with Gasteiger partial charge in [0.25, 0.3) is 20.2 Å². The van der Waals surface area contributed by atoms with Gasteiger partial charge in [0.1, 0.15) is 16.2 Å². The van der Waals surface area contributed by atoms with Gasteiger partial charge in [0, 0.05) is 16.8 Å². The zero-order valence-corrected chi connectivity index (χ0v) is 17.0. The molecule has 31 heavy (non-hydrogen) atoms. The molecule has 11 heteroatoms. The number of benzene rings is 4. The molecule has 1 aromatic heterocycles. The van der Waals surface area contributed by atoms with Crippen molar-refractivity contribution in [1.29, 1.82) is 0 Å². The molecule has 0 aliphatic carbocycles. The van der Waals surface area contributed by atoms with Gasteiger partial charge in [-0.3, -0.25) is 9.11 Å². The van der Waals surface area contributed by atoms with Gasteiger partial charge in [-0.25, -0.2) is 9.97 Å². The Morgan fingerprint density at radius 2 is 1.39 bits per heavy atom. The molecule has 9 nitrogen and oxygen atoms in total. The van der Waals surface area contributed by atoms with Gasteiger partial charge in [-0.2, -0.15) is 16.8 Å². The van der Waals surface area contributed by atoms with Gasteiger partial charge in [-0.1, -0.05) is 24.3 Å². The van der Waals surface area contributed by atoms with E-state index in [2.05, 4.69) is 9.97 Å². The molecule has 0 saturated heterocycles. The standard InChI is InChI=1S/C20H12N2O7S2/c23-16-9-11(30(24,25)26)8-10-4-5-13-12(18(10)16)6-7-15-19(13)21-14-2-1-3-17(20(14)22-15)31(27,28)29/h1-9,23H,(H,24,25,26)(H,27,28,29). The van der Waals surface area contributed by atoms with Crippen molar-refractivity contribution in [1.82, 2.24) is 9.97 Å². The summed E-state index contributed by atoms with van der Waals surface area (Å²) in [6.45, 7) is 0. The number of aromatic hydroxyl groups is 1. The van der Waals surface area contributed by atoms with Crippen LogP contribution in [0.15, 0.2) is 64.4 Å². The minimum absolute atomic E-state index is 0.0262. The summed E-state index contributed by atoms with van der Waals surface area (Å²) >= 11 is 0. The van der Waals surface area contributed by atoms with Crippen LogP contribution in [0.3, 0.4) is 0 Å². The number of rotatable bonds is 2. The maximum atomic E-state index is 11.7. The monoisotopic (exact) mass is 456 g/mol. The molecule has 0 radical (unpaired) electrons. The third kappa shape index (κ3) is 3.06. The first-order chi connectivity index (χ1) is 14.5. The molecule has 0 bridgehead atoms. The maximum Gasteiger partial charge on any atom is 0.296 e. The number of phenols is 1. The molecule has 5 aromatic rings. The fraction of sp³-hybridized carbons (Fsp3) is 0. The quantitative estimate of drug-likeness (QED) is 0.206. The summed E-state index contributed by atoms with van der Waals surface area (Å²) in [6.07, 6.45) is 0. The Morgan fingerprint density at radius 1 is 0.710 bits per heavy atom. The lowest BCUT2D eigenvalue weighted by Gasteiger charge is -2.11. The minimum Gasteiger partial charge on any atom is -0.507 e. The Labute approximate surface area is 175 Å². The number of hydrogen-bond acceptors (Lipinski definition) is 7. The second-order valence-electron chi connectivity index (χ2n) is 6.93. The zero-order valence-electron chi connectivity index (χ0n) is 15.4. The number of phenolic OH excluding ortho intramolecular Hbond substituents is 1. The van der Waals surface area contributed by atoms with E-state index in [1.807, 2.05) is 0 Å². The largest absolute Gasteiger partial charge is 0.507 e. The Kier molecular flexibility index (Phi) is 3.98. The van der Waals surface area contributed by atoms with Crippen LogP contribution < -0.4 is 0 Å². The molecule has 1 heterocycles. The molecule has 0 saturated carbocycles. The lowest BCUT2D eigenvalue weighted by molar-refractivity contribution is 0.471. The van der Waals surface area contributed by atoms with E-state index in [0.717, 1.165) is 6.07 Å². The van der Waals surface area contributed by atoms with Gasteiger partial charge >= 0.3 is 0 Å². The first kappa shape index (κ1) is 19.6. The lowest BCUT2D eigenvalue weighted by atomic mass is 10.00. The predicted molar refractivity (Wildman–Crippen MR) is 113 cm³/mol. The first-order valence-corrected chi connectivity index (χ1v) is 11.7. The van der Waals surface area contributed by atoms with Crippen LogP contribution >= 0.6 is 0 Å².